The monoisotopic (exact) mass is 492 g/mol. The fraction of sp³-hybridized carbons (Fsp3) is 0.444. The Labute approximate surface area is 192 Å². The Balaban J connectivity index is 1.79. The lowest BCUT2D eigenvalue weighted by atomic mass is 9.98. The number of ether oxygens (including phenoxy) is 2. The fourth-order valence-corrected chi connectivity index (χ4v) is 4.10. The van der Waals surface area contributed by atoms with Gasteiger partial charge in [0.15, 0.2) is 6.23 Å². The van der Waals surface area contributed by atoms with Gasteiger partial charge in [-0.25, -0.2) is 14.5 Å². The molecule has 30 heavy (non-hydrogen) atoms. The molecule has 1 saturated heterocycles. The maximum absolute atomic E-state index is 12.8. The standard InChI is InChI=1S/C18H19Cl3N4O4S/c1-18(2,3)14-22-23-15(30-14)25-12(5-6-24(4)16(25)26)29-17(27)28-9-7-10(19)13(21)11(20)8-9/h7-8,12H,5-6H2,1-4H3. The molecule has 2 heterocycles. The molecule has 1 aromatic heterocycles. The van der Waals surface area contributed by atoms with Gasteiger partial charge < -0.3 is 14.4 Å². The highest BCUT2D eigenvalue weighted by molar-refractivity contribution is 7.15. The highest BCUT2D eigenvalue weighted by Gasteiger charge is 2.38. The van der Waals surface area contributed by atoms with Crippen molar-refractivity contribution in [3.63, 3.8) is 0 Å². The fourth-order valence-electron chi connectivity index (χ4n) is 2.59. The van der Waals surface area contributed by atoms with E-state index in [1.54, 1.807) is 7.05 Å². The van der Waals surface area contributed by atoms with Crippen molar-refractivity contribution in [3.8, 4) is 5.75 Å². The Morgan fingerprint density at radius 2 is 1.83 bits per heavy atom. The van der Waals surface area contributed by atoms with Crippen LogP contribution in [0, 0.1) is 0 Å². The summed E-state index contributed by atoms with van der Waals surface area (Å²) >= 11 is 19.1. The van der Waals surface area contributed by atoms with E-state index in [-0.39, 0.29) is 32.3 Å². The molecule has 0 saturated carbocycles. The number of anilines is 1. The van der Waals surface area contributed by atoms with E-state index >= 15 is 0 Å². The summed E-state index contributed by atoms with van der Waals surface area (Å²) < 4.78 is 10.6. The number of carbonyl (C=O) groups excluding carboxylic acids is 2. The molecule has 1 aliphatic heterocycles. The van der Waals surface area contributed by atoms with Crippen molar-refractivity contribution in [2.24, 2.45) is 0 Å². The molecule has 1 unspecified atom stereocenters. The van der Waals surface area contributed by atoms with Gasteiger partial charge in [-0.3, -0.25) is 0 Å². The van der Waals surface area contributed by atoms with Crippen LogP contribution < -0.4 is 9.64 Å². The van der Waals surface area contributed by atoms with Gasteiger partial charge in [-0.05, 0) is 0 Å². The highest BCUT2D eigenvalue weighted by Crippen LogP contribution is 2.35. The number of carbonyl (C=O) groups is 2. The highest BCUT2D eigenvalue weighted by atomic mass is 35.5. The van der Waals surface area contributed by atoms with E-state index < -0.39 is 12.4 Å². The number of amides is 2. The zero-order valence-corrected chi connectivity index (χ0v) is 19.7. The molecule has 1 atom stereocenters. The maximum Gasteiger partial charge on any atom is 0.515 e. The minimum Gasteiger partial charge on any atom is -0.409 e. The molecule has 2 amide bonds. The summed E-state index contributed by atoms with van der Waals surface area (Å²) in [7, 11) is 1.66. The largest absolute Gasteiger partial charge is 0.515 e. The number of aromatic nitrogens is 2. The summed E-state index contributed by atoms with van der Waals surface area (Å²) in [5.41, 5.74) is -0.233. The summed E-state index contributed by atoms with van der Waals surface area (Å²) in [6.45, 7) is 6.39. The zero-order valence-electron chi connectivity index (χ0n) is 16.6. The first kappa shape index (κ1) is 22.9. The van der Waals surface area contributed by atoms with Crippen molar-refractivity contribution in [3.05, 3.63) is 32.2 Å². The number of halogens is 3. The Morgan fingerprint density at radius 3 is 2.40 bits per heavy atom. The smallest absolute Gasteiger partial charge is 0.409 e. The molecule has 1 aromatic carbocycles. The van der Waals surface area contributed by atoms with Crippen LogP contribution in [0.2, 0.25) is 15.1 Å². The van der Waals surface area contributed by atoms with Gasteiger partial charge in [0.05, 0.1) is 15.1 Å². The van der Waals surface area contributed by atoms with Crippen LogP contribution in [0.15, 0.2) is 12.1 Å². The van der Waals surface area contributed by atoms with E-state index in [0.717, 1.165) is 5.01 Å². The number of hydrogen-bond donors (Lipinski definition) is 0. The Hall–Kier alpha value is -1.81. The molecular formula is C18H19Cl3N4O4S. The van der Waals surface area contributed by atoms with E-state index in [1.807, 2.05) is 20.8 Å². The van der Waals surface area contributed by atoms with Gasteiger partial charge in [-0.15, -0.1) is 10.2 Å². The number of nitrogens with zero attached hydrogens (tertiary/aromatic N) is 4. The van der Waals surface area contributed by atoms with Crippen molar-refractivity contribution in [1.29, 1.82) is 0 Å². The number of hydrogen-bond acceptors (Lipinski definition) is 7. The number of benzene rings is 1. The first-order valence-corrected chi connectivity index (χ1v) is 10.8. The molecule has 0 bridgehead atoms. The van der Waals surface area contributed by atoms with Crippen molar-refractivity contribution in [2.45, 2.75) is 38.8 Å². The van der Waals surface area contributed by atoms with Gasteiger partial charge in [0.2, 0.25) is 5.13 Å². The average Bonchev–Trinajstić information content (AvgIpc) is 3.13. The SMILES string of the molecule is CN1CCC(OC(=O)Oc2cc(Cl)c(Cl)c(Cl)c2)N(c2nnc(C(C)(C)C)s2)C1=O. The predicted molar refractivity (Wildman–Crippen MR) is 116 cm³/mol. The molecule has 0 aliphatic carbocycles. The number of rotatable bonds is 3. The minimum atomic E-state index is -1.02. The van der Waals surface area contributed by atoms with Crippen LogP contribution in [-0.4, -0.2) is 47.1 Å². The van der Waals surface area contributed by atoms with Gasteiger partial charge in [0, 0.05) is 37.6 Å². The van der Waals surface area contributed by atoms with Crippen molar-refractivity contribution >= 4 is 63.5 Å². The van der Waals surface area contributed by atoms with E-state index in [0.29, 0.717) is 18.1 Å². The Kier molecular flexibility index (Phi) is 6.66. The molecule has 1 fully saturated rings. The first-order valence-electron chi connectivity index (χ1n) is 8.88. The quantitative estimate of drug-likeness (QED) is 0.314. The topological polar surface area (TPSA) is 84.9 Å². The third-order valence-electron chi connectivity index (χ3n) is 4.18. The molecule has 0 spiro atoms. The van der Waals surface area contributed by atoms with Crippen LogP contribution in [-0.2, 0) is 10.2 Å². The molecule has 12 heteroatoms. The van der Waals surface area contributed by atoms with E-state index in [4.69, 9.17) is 44.3 Å². The first-order chi connectivity index (χ1) is 14.0. The lowest BCUT2D eigenvalue weighted by Crippen LogP contribution is -2.55. The third-order valence-corrected chi connectivity index (χ3v) is 6.73. The van der Waals surface area contributed by atoms with E-state index in [2.05, 4.69) is 10.2 Å². The predicted octanol–water partition coefficient (Wildman–Crippen LogP) is 5.60. The second kappa shape index (κ2) is 8.74. The molecule has 162 valence electrons. The molecule has 8 nitrogen and oxygen atoms in total. The zero-order chi connectivity index (χ0) is 22.2. The Bertz CT molecular complexity index is 956. The lowest BCUT2D eigenvalue weighted by molar-refractivity contribution is 0.0435. The van der Waals surface area contributed by atoms with Gasteiger partial charge in [0.1, 0.15) is 10.8 Å². The van der Waals surface area contributed by atoms with Gasteiger partial charge >= 0.3 is 12.2 Å². The van der Waals surface area contributed by atoms with Crippen molar-refractivity contribution < 1.29 is 19.1 Å². The summed E-state index contributed by atoms with van der Waals surface area (Å²) in [6, 6.07) is 2.33. The molecule has 2 aromatic rings. The van der Waals surface area contributed by atoms with Crippen LogP contribution in [0.1, 0.15) is 32.2 Å². The van der Waals surface area contributed by atoms with Gasteiger partial charge in [0.25, 0.3) is 0 Å². The Morgan fingerprint density at radius 1 is 1.20 bits per heavy atom. The molecule has 0 radical (unpaired) electrons. The molecule has 0 N–H and O–H groups in total. The van der Waals surface area contributed by atoms with Crippen molar-refractivity contribution in [2.75, 3.05) is 18.5 Å². The lowest BCUT2D eigenvalue weighted by Gasteiger charge is -2.36. The normalized spacial score (nSPS) is 17.3. The van der Waals surface area contributed by atoms with E-state index in [1.165, 1.54) is 33.3 Å². The van der Waals surface area contributed by atoms with Crippen LogP contribution in [0.4, 0.5) is 14.7 Å². The molecule has 3 rings (SSSR count). The summed E-state index contributed by atoms with van der Waals surface area (Å²) in [6.07, 6.45) is -1.55. The minimum absolute atomic E-state index is 0.0659. The molecular weight excluding hydrogens is 475 g/mol. The summed E-state index contributed by atoms with van der Waals surface area (Å²) in [5, 5.41) is 9.81. The second-order valence-electron chi connectivity index (χ2n) is 7.63. The van der Waals surface area contributed by atoms with Crippen LogP contribution in [0.3, 0.4) is 0 Å². The van der Waals surface area contributed by atoms with Crippen LogP contribution >= 0.6 is 46.1 Å². The van der Waals surface area contributed by atoms with Crippen LogP contribution in [0.5, 0.6) is 5.75 Å². The van der Waals surface area contributed by atoms with Crippen molar-refractivity contribution in [1.82, 2.24) is 15.1 Å². The van der Waals surface area contributed by atoms with Crippen LogP contribution in [0.25, 0.3) is 0 Å². The average molecular weight is 494 g/mol. The van der Waals surface area contributed by atoms with Gasteiger partial charge in [-0.2, -0.15) is 0 Å². The molecule has 1 aliphatic rings. The maximum atomic E-state index is 12.8. The van der Waals surface area contributed by atoms with Gasteiger partial charge in [-0.1, -0.05) is 66.9 Å². The summed E-state index contributed by atoms with van der Waals surface area (Å²) in [5.74, 6) is 0.0659. The summed E-state index contributed by atoms with van der Waals surface area (Å²) in [4.78, 5) is 28.0. The number of urea groups is 1. The third kappa shape index (κ3) is 4.91. The second-order valence-corrected chi connectivity index (χ2v) is 9.78. The van der Waals surface area contributed by atoms with E-state index in [9.17, 15) is 9.59 Å².